The van der Waals surface area contributed by atoms with Crippen molar-refractivity contribution in [2.75, 3.05) is 14.2 Å². The molecule has 0 aromatic heterocycles. The highest BCUT2D eigenvalue weighted by Gasteiger charge is 2.08. The third-order valence-electron chi connectivity index (χ3n) is 3.76. The second-order valence-corrected chi connectivity index (χ2v) is 5.37. The quantitative estimate of drug-likeness (QED) is 0.526. The number of fused-ring (bicyclic) bond motifs is 1. The monoisotopic (exact) mass is 322 g/mol. The molecular weight excluding hydrogens is 304 g/mol. The minimum Gasteiger partial charge on any atom is -0.497 e. The van der Waals surface area contributed by atoms with Crippen LogP contribution >= 0.6 is 0 Å². The topological polar surface area (TPSA) is 44.8 Å². The molecule has 24 heavy (non-hydrogen) atoms. The first-order chi connectivity index (χ1) is 11.7. The molecule has 0 N–H and O–H groups in total. The lowest BCUT2D eigenvalue weighted by atomic mass is 10.1. The van der Waals surface area contributed by atoms with Crippen molar-refractivity contribution < 1.29 is 19.0 Å². The molecule has 122 valence electrons. The normalized spacial score (nSPS) is 10.4. The molecule has 0 fully saturated rings. The number of carbonyl (C=O) groups is 1. The molecule has 0 saturated heterocycles. The van der Waals surface area contributed by atoms with Crippen LogP contribution in [0.5, 0.6) is 17.2 Å². The molecule has 4 nitrogen and oxygen atoms in total. The largest absolute Gasteiger partial charge is 0.497 e. The number of hydrogen-bond donors (Lipinski definition) is 0. The zero-order chi connectivity index (χ0) is 16.9. The first kappa shape index (κ1) is 15.9. The molecule has 0 atom stereocenters. The van der Waals surface area contributed by atoms with Gasteiger partial charge in [-0.3, -0.25) is 4.79 Å². The molecule has 0 aliphatic carbocycles. The molecule has 3 aromatic rings. The van der Waals surface area contributed by atoms with Gasteiger partial charge in [-0.2, -0.15) is 0 Å². The SMILES string of the molecule is COc1ccc(CC(=O)Oc2ccc3ccc(OC)cc3c2)cc1. The smallest absolute Gasteiger partial charge is 0.315 e. The summed E-state index contributed by atoms with van der Waals surface area (Å²) < 4.78 is 15.8. The van der Waals surface area contributed by atoms with E-state index >= 15 is 0 Å². The summed E-state index contributed by atoms with van der Waals surface area (Å²) in [4.78, 5) is 12.1. The summed E-state index contributed by atoms with van der Waals surface area (Å²) in [5.74, 6) is 1.75. The Hall–Kier alpha value is -3.01. The van der Waals surface area contributed by atoms with Crippen molar-refractivity contribution in [1.29, 1.82) is 0 Å². The summed E-state index contributed by atoms with van der Waals surface area (Å²) in [5.41, 5.74) is 0.878. The maximum Gasteiger partial charge on any atom is 0.315 e. The van der Waals surface area contributed by atoms with Crippen molar-refractivity contribution in [3.63, 3.8) is 0 Å². The minimum atomic E-state index is -0.303. The fourth-order valence-corrected chi connectivity index (χ4v) is 2.47. The first-order valence-corrected chi connectivity index (χ1v) is 7.59. The van der Waals surface area contributed by atoms with Gasteiger partial charge < -0.3 is 14.2 Å². The van der Waals surface area contributed by atoms with E-state index in [9.17, 15) is 4.79 Å². The predicted molar refractivity (Wildman–Crippen MR) is 92.8 cm³/mol. The van der Waals surface area contributed by atoms with E-state index in [0.717, 1.165) is 27.8 Å². The number of rotatable bonds is 5. The van der Waals surface area contributed by atoms with E-state index in [4.69, 9.17) is 14.2 Å². The Morgan fingerprint density at radius 3 is 2.00 bits per heavy atom. The molecular formula is C20H18O4. The van der Waals surface area contributed by atoms with Gasteiger partial charge in [-0.15, -0.1) is 0 Å². The number of esters is 1. The summed E-state index contributed by atoms with van der Waals surface area (Å²) in [6, 6.07) is 18.7. The van der Waals surface area contributed by atoms with Crippen LogP contribution in [-0.2, 0) is 11.2 Å². The second kappa shape index (κ2) is 7.04. The highest BCUT2D eigenvalue weighted by atomic mass is 16.5. The van der Waals surface area contributed by atoms with Crippen molar-refractivity contribution in [2.45, 2.75) is 6.42 Å². The summed E-state index contributed by atoms with van der Waals surface area (Å²) >= 11 is 0. The highest BCUT2D eigenvalue weighted by Crippen LogP contribution is 2.25. The summed E-state index contributed by atoms with van der Waals surface area (Å²) in [5, 5.41) is 2.02. The number of hydrogen-bond acceptors (Lipinski definition) is 4. The van der Waals surface area contributed by atoms with Gasteiger partial charge in [0, 0.05) is 0 Å². The van der Waals surface area contributed by atoms with Gasteiger partial charge >= 0.3 is 5.97 Å². The molecule has 0 aliphatic heterocycles. The third-order valence-corrected chi connectivity index (χ3v) is 3.76. The average molecular weight is 322 g/mol. The third kappa shape index (κ3) is 3.66. The Labute approximate surface area is 140 Å². The van der Waals surface area contributed by atoms with Crippen LogP contribution in [0.1, 0.15) is 5.56 Å². The molecule has 0 amide bonds. The van der Waals surface area contributed by atoms with E-state index in [-0.39, 0.29) is 12.4 Å². The van der Waals surface area contributed by atoms with Crippen LogP contribution in [0.3, 0.4) is 0 Å². The van der Waals surface area contributed by atoms with Crippen LogP contribution in [0, 0.1) is 0 Å². The van der Waals surface area contributed by atoms with E-state index in [1.54, 1.807) is 20.3 Å². The number of ether oxygens (including phenoxy) is 3. The van der Waals surface area contributed by atoms with Crippen molar-refractivity contribution in [3.8, 4) is 17.2 Å². The Kier molecular flexibility index (Phi) is 4.66. The molecule has 0 aliphatic rings. The summed E-state index contributed by atoms with van der Waals surface area (Å²) in [7, 11) is 3.23. The second-order valence-electron chi connectivity index (χ2n) is 5.37. The Morgan fingerprint density at radius 1 is 0.750 bits per heavy atom. The van der Waals surface area contributed by atoms with Crippen LogP contribution < -0.4 is 14.2 Å². The zero-order valence-electron chi connectivity index (χ0n) is 13.6. The van der Waals surface area contributed by atoms with Crippen LogP contribution in [0.2, 0.25) is 0 Å². The van der Waals surface area contributed by atoms with Crippen LogP contribution in [-0.4, -0.2) is 20.2 Å². The molecule has 0 saturated carbocycles. The lowest BCUT2D eigenvalue weighted by Crippen LogP contribution is -2.11. The Balaban J connectivity index is 1.72. The minimum absolute atomic E-state index is 0.208. The van der Waals surface area contributed by atoms with E-state index in [2.05, 4.69) is 0 Å². The standard InChI is InChI=1S/C20H18O4/c1-22-17-7-3-14(4-8-17)11-20(21)24-19-10-6-15-5-9-18(23-2)12-16(15)13-19/h3-10,12-13H,11H2,1-2H3. The fraction of sp³-hybridized carbons (Fsp3) is 0.150. The van der Waals surface area contributed by atoms with Crippen molar-refractivity contribution in [3.05, 3.63) is 66.2 Å². The molecule has 0 unspecified atom stereocenters. The van der Waals surface area contributed by atoms with Gasteiger partial charge in [0.2, 0.25) is 0 Å². The van der Waals surface area contributed by atoms with E-state index in [0.29, 0.717) is 5.75 Å². The van der Waals surface area contributed by atoms with Gasteiger partial charge in [0.15, 0.2) is 0 Å². The van der Waals surface area contributed by atoms with Gasteiger partial charge in [0.25, 0.3) is 0 Å². The van der Waals surface area contributed by atoms with Crippen LogP contribution in [0.4, 0.5) is 0 Å². The highest BCUT2D eigenvalue weighted by molar-refractivity contribution is 5.86. The van der Waals surface area contributed by atoms with E-state index < -0.39 is 0 Å². The molecule has 0 radical (unpaired) electrons. The van der Waals surface area contributed by atoms with Gasteiger partial charge in [0.05, 0.1) is 20.6 Å². The van der Waals surface area contributed by atoms with Crippen molar-refractivity contribution in [1.82, 2.24) is 0 Å². The Morgan fingerprint density at radius 2 is 1.33 bits per heavy atom. The summed E-state index contributed by atoms with van der Waals surface area (Å²) in [6.07, 6.45) is 0.208. The molecule has 4 heteroatoms. The molecule has 0 bridgehead atoms. The average Bonchev–Trinajstić information content (AvgIpc) is 2.61. The van der Waals surface area contributed by atoms with E-state index in [1.807, 2.05) is 54.6 Å². The van der Waals surface area contributed by atoms with Crippen LogP contribution in [0.15, 0.2) is 60.7 Å². The zero-order valence-corrected chi connectivity index (χ0v) is 13.6. The first-order valence-electron chi connectivity index (χ1n) is 7.59. The van der Waals surface area contributed by atoms with Crippen LogP contribution in [0.25, 0.3) is 10.8 Å². The predicted octanol–water partition coefficient (Wildman–Crippen LogP) is 4.01. The molecule has 0 spiro atoms. The van der Waals surface area contributed by atoms with E-state index in [1.165, 1.54) is 0 Å². The van der Waals surface area contributed by atoms with Crippen molar-refractivity contribution in [2.24, 2.45) is 0 Å². The van der Waals surface area contributed by atoms with Gasteiger partial charge in [-0.05, 0) is 52.7 Å². The Bertz CT molecular complexity index is 853. The molecule has 0 heterocycles. The number of benzene rings is 3. The maximum absolute atomic E-state index is 12.1. The molecule has 3 aromatic carbocycles. The lowest BCUT2D eigenvalue weighted by Gasteiger charge is -2.07. The van der Waals surface area contributed by atoms with Crippen molar-refractivity contribution >= 4 is 16.7 Å². The van der Waals surface area contributed by atoms with Gasteiger partial charge in [-0.1, -0.05) is 24.3 Å². The maximum atomic E-state index is 12.1. The van der Waals surface area contributed by atoms with Gasteiger partial charge in [0.1, 0.15) is 17.2 Å². The lowest BCUT2D eigenvalue weighted by molar-refractivity contribution is -0.133. The summed E-state index contributed by atoms with van der Waals surface area (Å²) in [6.45, 7) is 0. The van der Waals surface area contributed by atoms with Gasteiger partial charge in [-0.25, -0.2) is 0 Å². The number of carbonyl (C=O) groups excluding carboxylic acids is 1. The molecule has 3 rings (SSSR count). The number of methoxy groups -OCH3 is 2. The fourth-order valence-electron chi connectivity index (χ4n) is 2.47.